The number of ether oxygens (including phenoxy) is 1. The Morgan fingerprint density at radius 2 is 2.24 bits per heavy atom. The molecule has 0 radical (unpaired) electrons. The normalized spacial score (nSPS) is 16.6. The van der Waals surface area contributed by atoms with E-state index in [0.29, 0.717) is 11.1 Å². The van der Waals surface area contributed by atoms with E-state index >= 15 is 0 Å². The molecule has 0 spiro atoms. The number of nitrogens with one attached hydrogen (secondary N) is 1. The van der Waals surface area contributed by atoms with E-state index < -0.39 is 0 Å². The fourth-order valence-electron chi connectivity index (χ4n) is 2.04. The van der Waals surface area contributed by atoms with Crippen LogP contribution in [0.25, 0.3) is 0 Å². The Morgan fingerprint density at radius 3 is 2.76 bits per heavy atom. The van der Waals surface area contributed by atoms with Gasteiger partial charge in [-0.25, -0.2) is 0 Å². The van der Waals surface area contributed by atoms with Crippen LogP contribution >= 0.6 is 0 Å². The van der Waals surface area contributed by atoms with Crippen LogP contribution in [0.4, 0.5) is 11.4 Å². The smallest absolute Gasteiger partial charge is 0.121 e. The summed E-state index contributed by atoms with van der Waals surface area (Å²) in [6, 6.07) is 5.64. The number of aliphatic hydroxyl groups excluding tert-OH is 1. The maximum Gasteiger partial charge on any atom is 0.121 e. The van der Waals surface area contributed by atoms with E-state index in [-0.39, 0.29) is 6.61 Å². The Morgan fingerprint density at radius 1 is 1.47 bits per heavy atom. The summed E-state index contributed by atoms with van der Waals surface area (Å²) in [7, 11) is 1.63. The van der Waals surface area contributed by atoms with Gasteiger partial charge in [-0.1, -0.05) is 0 Å². The molecule has 1 aromatic carbocycles. The minimum atomic E-state index is 0.264. The SMILES string of the molecule is COc1ccc(NCC2(CCO)CC2)c(N)c1. The summed E-state index contributed by atoms with van der Waals surface area (Å²) in [6.07, 6.45) is 3.25. The standard InChI is InChI=1S/C13H20N2O2/c1-17-10-2-3-12(11(14)8-10)15-9-13(4-5-13)6-7-16/h2-3,8,15-16H,4-7,9,14H2,1H3. The molecule has 1 fully saturated rings. The van der Waals surface area contributed by atoms with Crippen molar-refractivity contribution in [3.8, 4) is 5.75 Å². The third kappa shape index (κ3) is 2.82. The van der Waals surface area contributed by atoms with Gasteiger partial charge < -0.3 is 20.9 Å². The highest BCUT2D eigenvalue weighted by Crippen LogP contribution is 2.48. The monoisotopic (exact) mass is 236 g/mol. The van der Waals surface area contributed by atoms with Crippen LogP contribution in [0.15, 0.2) is 18.2 Å². The highest BCUT2D eigenvalue weighted by atomic mass is 16.5. The Balaban J connectivity index is 1.95. The lowest BCUT2D eigenvalue weighted by atomic mass is 10.0. The molecule has 0 atom stereocenters. The maximum atomic E-state index is 8.99. The zero-order chi connectivity index (χ0) is 12.3. The van der Waals surface area contributed by atoms with Gasteiger partial charge in [0.2, 0.25) is 0 Å². The van der Waals surface area contributed by atoms with Crippen LogP contribution in [-0.2, 0) is 0 Å². The number of hydrogen-bond donors (Lipinski definition) is 3. The van der Waals surface area contributed by atoms with Crippen molar-refractivity contribution in [3.63, 3.8) is 0 Å². The van der Waals surface area contributed by atoms with E-state index in [9.17, 15) is 0 Å². The lowest BCUT2D eigenvalue weighted by Gasteiger charge is -2.17. The highest BCUT2D eigenvalue weighted by Gasteiger charge is 2.41. The number of nitrogens with two attached hydrogens (primary N) is 1. The first-order chi connectivity index (χ1) is 8.19. The van der Waals surface area contributed by atoms with Gasteiger partial charge in [-0.3, -0.25) is 0 Å². The third-order valence-electron chi connectivity index (χ3n) is 3.51. The van der Waals surface area contributed by atoms with Crippen molar-refractivity contribution in [2.24, 2.45) is 5.41 Å². The Labute approximate surface area is 102 Å². The number of hydrogen-bond acceptors (Lipinski definition) is 4. The Bertz CT molecular complexity index is 389. The van der Waals surface area contributed by atoms with Crippen LogP contribution in [0.2, 0.25) is 0 Å². The molecule has 1 aliphatic carbocycles. The summed E-state index contributed by atoms with van der Waals surface area (Å²) in [6.45, 7) is 1.14. The van der Waals surface area contributed by atoms with E-state index in [1.54, 1.807) is 7.11 Å². The molecule has 1 aromatic rings. The van der Waals surface area contributed by atoms with Crippen LogP contribution in [0.3, 0.4) is 0 Å². The van der Waals surface area contributed by atoms with Crippen molar-refractivity contribution in [1.29, 1.82) is 0 Å². The molecule has 1 aliphatic rings. The van der Waals surface area contributed by atoms with Crippen molar-refractivity contribution in [2.75, 3.05) is 31.3 Å². The number of methoxy groups -OCH3 is 1. The molecule has 4 heteroatoms. The van der Waals surface area contributed by atoms with E-state index in [2.05, 4.69) is 5.32 Å². The van der Waals surface area contributed by atoms with E-state index in [0.717, 1.165) is 24.4 Å². The van der Waals surface area contributed by atoms with Gasteiger partial charge in [0.25, 0.3) is 0 Å². The van der Waals surface area contributed by atoms with Crippen molar-refractivity contribution < 1.29 is 9.84 Å². The summed E-state index contributed by atoms with van der Waals surface area (Å²) in [4.78, 5) is 0. The Hall–Kier alpha value is -1.42. The molecule has 0 heterocycles. The molecule has 0 bridgehead atoms. The van der Waals surface area contributed by atoms with Crippen molar-refractivity contribution in [3.05, 3.63) is 18.2 Å². The second-order valence-corrected chi connectivity index (χ2v) is 4.78. The van der Waals surface area contributed by atoms with Gasteiger partial charge in [0.15, 0.2) is 0 Å². The molecule has 4 N–H and O–H groups in total. The van der Waals surface area contributed by atoms with Gasteiger partial charge in [-0.15, -0.1) is 0 Å². The van der Waals surface area contributed by atoms with E-state index in [1.165, 1.54) is 12.8 Å². The zero-order valence-corrected chi connectivity index (χ0v) is 10.2. The molecule has 0 aliphatic heterocycles. The van der Waals surface area contributed by atoms with Gasteiger partial charge in [0, 0.05) is 19.2 Å². The fraction of sp³-hybridized carbons (Fsp3) is 0.538. The summed E-state index contributed by atoms with van der Waals surface area (Å²) in [5, 5.41) is 12.4. The number of nitrogen functional groups attached to an aromatic ring is 1. The van der Waals surface area contributed by atoms with Crippen molar-refractivity contribution in [1.82, 2.24) is 0 Å². The summed E-state index contributed by atoms with van der Waals surface area (Å²) in [5.41, 5.74) is 7.86. The second kappa shape index (κ2) is 4.84. The predicted octanol–water partition coefficient (Wildman–Crippen LogP) is 1.85. The van der Waals surface area contributed by atoms with Crippen LogP contribution in [0.1, 0.15) is 19.3 Å². The van der Waals surface area contributed by atoms with Crippen LogP contribution in [0.5, 0.6) is 5.75 Å². The first-order valence-corrected chi connectivity index (χ1v) is 5.97. The molecule has 2 rings (SSSR count). The minimum absolute atomic E-state index is 0.264. The van der Waals surface area contributed by atoms with E-state index in [1.807, 2.05) is 18.2 Å². The number of benzene rings is 1. The maximum absolute atomic E-state index is 8.99. The third-order valence-corrected chi connectivity index (χ3v) is 3.51. The van der Waals surface area contributed by atoms with Crippen LogP contribution in [-0.4, -0.2) is 25.4 Å². The average Bonchev–Trinajstić information content (AvgIpc) is 3.08. The molecule has 0 amide bonds. The number of rotatable bonds is 6. The molecule has 0 saturated heterocycles. The van der Waals surface area contributed by atoms with Gasteiger partial charge in [0.1, 0.15) is 5.75 Å². The van der Waals surface area contributed by atoms with Gasteiger partial charge in [0.05, 0.1) is 18.5 Å². The topological polar surface area (TPSA) is 67.5 Å². The average molecular weight is 236 g/mol. The lowest BCUT2D eigenvalue weighted by molar-refractivity contribution is 0.253. The molecule has 4 nitrogen and oxygen atoms in total. The molecule has 1 saturated carbocycles. The molecular weight excluding hydrogens is 216 g/mol. The quantitative estimate of drug-likeness (QED) is 0.659. The zero-order valence-electron chi connectivity index (χ0n) is 10.2. The molecule has 94 valence electrons. The second-order valence-electron chi connectivity index (χ2n) is 4.78. The van der Waals surface area contributed by atoms with E-state index in [4.69, 9.17) is 15.6 Å². The summed E-state index contributed by atoms with van der Waals surface area (Å²) >= 11 is 0. The highest BCUT2D eigenvalue weighted by molar-refractivity contribution is 5.68. The number of aliphatic hydroxyl groups is 1. The van der Waals surface area contributed by atoms with Gasteiger partial charge in [-0.2, -0.15) is 0 Å². The van der Waals surface area contributed by atoms with Crippen LogP contribution < -0.4 is 15.8 Å². The minimum Gasteiger partial charge on any atom is -0.497 e. The lowest BCUT2D eigenvalue weighted by Crippen LogP contribution is -2.17. The van der Waals surface area contributed by atoms with Gasteiger partial charge >= 0.3 is 0 Å². The number of anilines is 2. The molecule has 17 heavy (non-hydrogen) atoms. The van der Waals surface area contributed by atoms with Gasteiger partial charge in [-0.05, 0) is 36.8 Å². The molecule has 0 unspecified atom stereocenters. The predicted molar refractivity (Wildman–Crippen MR) is 69.3 cm³/mol. The molecular formula is C13H20N2O2. The first-order valence-electron chi connectivity index (χ1n) is 5.97. The molecule has 0 aromatic heterocycles. The van der Waals surface area contributed by atoms with Crippen molar-refractivity contribution >= 4 is 11.4 Å². The van der Waals surface area contributed by atoms with Crippen molar-refractivity contribution in [2.45, 2.75) is 19.3 Å². The van der Waals surface area contributed by atoms with Crippen LogP contribution in [0, 0.1) is 5.41 Å². The summed E-state index contributed by atoms with van der Waals surface area (Å²) in [5.74, 6) is 0.768. The summed E-state index contributed by atoms with van der Waals surface area (Å²) < 4.78 is 5.11. The fourth-order valence-corrected chi connectivity index (χ4v) is 2.04. The largest absolute Gasteiger partial charge is 0.497 e. The first kappa shape index (κ1) is 12.0. The Kier molecular flexibility index (Phi) is 3.43.